The van der Waals surface area contributed by atoms with Crippen LogP contribution in [0.1, 0.15) is 33.1 Å². The fourth-order valence-corrected chi connectivity index (χ4v) is 2.40. The molecule has 0 radical (unpaired) electrons. The third-order valence-corrected chi connectivity index (χ3v) is 3.69. The number of carbonyl (C=O) groups is 2. The van der Waals surface area contributed by atoms with Crippen LogP contribution in [0, 0.1) is 11.8 Å². The first-order chi connectivity index (χ1) is 8.54. The van der Waals surface area contributed by atoms with Gasteiger partial charge in [-0.15, -0.1) is 0 Å². The molecule has 1 unspecified atom stereocenters. The first kappa shape index (κ1) is 15.0. The molecular weight excluding hydrogens is 230 g/mol. The van der Waals surface area contributed by atoms with Gasteiger partial charge in [0.2, 0.25) is 11.8 Å². The summed E-state index contributed by atoms with van der Waals surface area (Å²) in [6.45, 7) is 6.10. The predicted octanol–water partition coefficient (Wildman–Crippen LogP) is 0.346. The van der Waals surface area contributed by atoms with E-state index in [1.807, 2.05) is 4.90 Å². The van der Waals surface area contributed by atoms with Gasteiger partial charge in [-0.2, -0.15) is 0 Å². The van der Waals surface area contributed by atoms with Crippen LogP contribution in [0.4, 0.5) is 0 Å². The molecule has 0 aromatic heterocycles. The highest BCUT2D eigenvalue weighted by Crippen LogP contribution is 2.24. The number of nitrogens with zero attached hydrogens (tertiary/aromatic N) is 1. The normalized spacial score (nSPS) is 20.7. The van der Waals surface area contributed by atoms with E-state index in [1.54, 1.807) is 0 Å². The Hall–Kier alpha value is -1.10. The zero-order chi connectivity index (χ0) is 13.5. The van der Waals surface area contributed by atoms with E-state index in [9.17, 15) is 9.59 Å². The van der Waals surface area contributed by atoms with Crippen LogP contribution < -0.4 is 11.1 Å². The number of rotatable bonds is 4. The minimum absolute atomic E-state index is 0.00112. The van der Waals surface area contributed by atoms with E-state index in [4.69, 9.17) is 5.73 Å². The molecule has 0 aromatic rings. The van der Waals surface area contributed by atoms with Crippen LogP contribution in [0.2, 0.25) is 0 Å². The molecule has 1 saturated heterocycles. The standard InChI is InChI=1S/C13H25N3O2/c1-10(2)11-4-3-6-16(7-5-11)13(18)9-15-12(17)8-14/h10-11H,3-9,14H2,1-2H3,(H,15,17). The van der Waals surface area contributed by atoms with Crippen molar-refractivity contribution in [3.63, 3.8) is 0 Å². The Morgan fingerprint density at radius 3 is 2.67 bits per heavy atom. The maximum Gasteiger partial charge on any atom is 0.241 e. The molecule has 0 aromatic carbocycles. The summed E-state index contributed by atoms with van der Waals surface area (Å²) in [7, 11) is 0. The molecule has 1 heterocycles. The summed E-state index contributed by atoms with van der Waals surface area (Å²) in [6, 6.07) is 0. The number of hydrogen-bond donors (Lipinski definition) is 2. The van der Waals surface area contributed by atoms with Crippen molar-refractivity contribution in [2.45, 2.75) is 33.1 Å². The SMILES string of the molecule is CC(C)C1CCCN(C(=O)CNC(=O)CN)CC1. The van der Waals surface area contributed by atoms with Crippen LogP contribution in [-0.4, -0.2) is 42.9 Å². The van der Waals surface area contributed by atoms with Crippen LogP contribution in [0.25, 0.3) is 0 Å². The summed E-state index contributed by atoms with van der Waals surface area (Å²) >= 11 is 0. The smallest absolute Gasteiger partial charge is 0.241 e. The van der Waals surface area contributed by atoms with E-state index in [2.05, 4.69) is 19.2 Å². The number of amides is 2. The van der Waals surface area contributed by atoms with E-state index in [1.165, 1.54) is 6.42 Å². The van der Waals surface area contributed by atoms with E-state index in [-0.39, 0.29) is 24.9 Å². The topological polar surface area (TPSA) is 75.4 Å². The van der Waals surface area contributed by atoms with Crippen molar-refractivity contribution in [3.8, 4) is 0 Å². The lowest BCUT2D eigenvalue weighted by atomic mass is 9.89. The number of carbonyl (C=O) groups excluding carboxylic acids is 2. The third kappa shape index (κ3) is 4.64. The van der Waals surface area contributed by atoms with Gasteiger partial charge in [-0.05, 0) is 31.1 Å². The van der Waals surface area contributed by atoms with Gasteiger partial charge in [-0.25, -0.2) is 0 Å². The Kier molecular flexibility index (Phi) is 6.12. The van der Waals surface area contributed by atoms with E-state index in [0.717, 1.165) is 25.9 Å². The Bertz CT molecular complexity index is 292. The van der Waals surface area contributed by atoms with Crippen molar-refractivity contribution in [1.29, 1.82) is 0 Å². The molecule has 0 saturated carbocycles. The number of nitrogens with two attached hydrogens (primary N) is 1. The fourth-order valence-electron chi connectivity index (χ4n) is 2.40. The molecule has 0 aliphatic carbocycles. The van der Waals surface area contributed by atoms with Gasteiger partial charge >= 0.3 is 0 Å². The van der Waals surface area contributed by atoms with Crippen LogP contribution >= 0.6 is 0 Å². The van der Waals surface area contributed by atoms with Gasteiger partial charge in [-0.1, -0.05) is 13.8 Å². The van der Waals surface area contributed by atoms with Crippen molar-refractivity contribution in [2.24, 2.45) is 17.6 Å². The second kappa shape index (κ2) is 7.36. The van der Waals surface area contributed by atoms with Gasteiger partial charge in [-0.3, -0.25) is 9.59 Å². The largest absolute Gasteiger partial charge is 0.346 e. The lowest BCUT2D eigenvalue weighted by Crippen LogP contribution is -2.42. The minimum Gasteiger partial charge on any atom is -0.346 e. The van der Waals surface area contributed by atoms with Crippen molar-refractivity contribution >= 4 is 11.8 Å². The van der Waals surface area contributed by atoms with Crippen LogP contribution in [0.5, 0.6) is 0 Å². The monoisotopic (exact) mass is 255 g/mol. The van der Waals surface area contributed by atoms with E-state index >= 15 is 0 Å². The van der Waals surface area contributed by atoms with Crippen LogP contribution in [-0.2, 0) is 9.59 Å². The highest BCUT2D eigenvalue weighted by molar-refractivity contribution is 5.85. The Morgan fingerprint density at radius 2 is 2.06 bits per heavy atom. The molecule has 1 fully saturated rings. The van der Waals surface area contributed by atoms with E-state index in [0.29, 0.717) is 11.8 Å². The first-order valence-corrected chi connectivity index (χ1v) is 6.79. The maximum absolute atomic E-state index is 11.9. The molecule has 5 nitrogen and oxygen atoms in total. The summed E-state index contributed by atoms with van der Waals surface area (Å²) < 4.78 is 0. The van der Waals surface area contributed by atoms with E-state index < -0.39 is 0 Å². The molecule has 2 amide bonds. The average Bonchev–Trinajstić information content (AvgIpc) is 2.61. The Labute approximate surface area is 109 Å². The summed E-state index contributed by atoms with van der Waals surface area (Å²) in [4.78, 5) is 24.8. The zero-order valence-electron chi connectivity index (χ0n) is 11.4. The molecule has 1 rings (SSSR count). The number of likely N-dealkylation sites (tertiary alicyclic amines) is 1. The zero-order valence-corrected chi connectivity index (χ0v) is 11.4. The predicted molar refractivity (Wildman–Crippen MR) is 70.8 cm³/mol. The number of nitrogens with one attached hydrogen (secondary N) is 1. The number of hydrogen-bond acceptors (Lipinski definition) is 3. The van der Waals surface area contributed by atoms with Crippen molar-refractivity contribution in [1.82, 2.24) is 10.2 Å². The van der Waals surface area contributed by atoms with Gasteiger partial charge in [0, 0.05) is 13.1 Å². The molecule has 0 bridgehead atoms. The summed E-state index contributed by atoms with van der Waals surface area (Å²) in [5.74, 6) is 1.11. The molecular formula is C13H25N3O2. The molecule has 104 valence electrons. The Morgan fingerprint density at radius 1 is 1.33 bits per heavy atom. The molecule has 5 heteroatoms. The minimum atomic E-state index is -0.279. The third-order valence-electron chi connectivity index (χ3n) is 3.69. The molecule has 1 aliphatic heterocycles. The molecule has 3 N–H and O–H groups in total. The lowest BCUT2D eigenvalue weighted by Gasteiger charge is -2.21. The molecule has 1 aliphatic rings. The Balaban J connectivity index is 2.38. The first-order valence-electron chi connectivity index (χ1n) is 6.79. The second-order valence-corrected chi connectivity index (χ2v) is 5.30. The van der Waals surface area contributed by atoms with Gasteiger partial charge in [0.25, 0.3) is 0 Å². The molecule has 0 spiro atoms. The van der Waals surface area contributed by atoms with Crippen LogP contribution in [0.3, 0.4) is 0 Å². The van der Waals surface area contributed by atoms with Gasteiger partial charge in [0.05, 0.1) is 13.1 Å². The highest BCUT2D eigenvalue weighted by atomic mass is 16.2. The second-order valence-electron chi connectivity index (χ2n) is 5.30. The van der Waals surface area contributed by atoms with Crippen LogP contribution in [0.15, 0.2) is 0 Å². The molecule has 18 heavy (non-hydrogen) atoms. The summed E-state index contributed by atoms with van der Waals surface area (Å²) in [6.07, 6.45) is 3.31. The molecule has 1 atom stereocenters. The lowest BCUT2D eigenvalue weighted by molar-refractivity contribution is -0.132. The van der Waals surface area contributed by atoms with Crippen molar-refractivity contribution in [3.05, 3.63) is 0 Å². The van der Waals surface area contributed by atoms with Crippen molar-refractivity contribution < 1.29 is 9.59 Å². The van der Waals surface area contributed by atoms with Crippen molar-refractivity contribution in [2.75, 3.05) is 26.2 Å². The fraction of sp³-hybridized carbons (Fsp3) is 0.846. The average molecular weight is 255 g/mol. The summed E-state index contributed by atoms with van der Waals surface area (Å²) in [5, 5.41) is 2.53. The highest BCUT2D eigenvalue weighted by Gasteiger charge is 2.22. The summed E-state index contributed by atoms with van der Waals surface area (Å²) in [5.41, 5.74) is 5.18. The van der Waals surface area contributed by atoms with Gasteiger partial charge < -0.3 is 16.0 Å². The van der Waals surface area contributed by atoms with Gasteiger partial charge in [0.1, 0.15) is 0 Å². The quantitative estimate of drug-likeness (QED) is 0.761. The maximum atomic E-state index is 11.9. The van der Waals surface area contributed by atoms with Gasteiger partial charge in [0.15, 0.2) is 0 Å².